The van der Waals surface area contributed by atoms with Crippen LogP contribution in [0.5, 0.6) is 0 Å². The number of para-hydroxylation sites is 1. The van der Waals surface area contributed by atoms with Crippen molar-refractivity contribution in [3.63, 3.8) is 0 Å². The molecule has 17 heavy (non-hydrogen) atoms. The lowest BCUT2D eigenvalue weighted by Gasteiger charge is -1.99. The second kappa shape index (κ2) is 4.86. The van der Waals surface area contributed by atoms with Crippen LogP contribution in [0.25, 0.3) is 10.9 Å². The molecule has 0 aliphatic carbocycles. The lowest BCUT2D eigenvalue weighted by molar-refractivity contribution is -0.133. The monoisotopic (exact) mass is 245 g/mol. The molecule has 0 saturated carbocycles. The van der Waals surface area contributed by atoms with E-state index in [1.807, 2.05) is 24.3 Å². The van der Waals surface area contributed by atoms with E-state index in [1.165, 1.54) is 7.11 Å². The first-order valence-electron chi connectivity index (χ1n) is 4.86. The van der Waals surface area contributed by atoms with E-state index in [0.717, 1.165) is 10.9 Å². The summed E-state index contributed by atoms with van der Waals surface area (Å²) in [6.07, 6.45) is 0. The first-order chi connectivity index (χ1) is 8.20. The van der Waals surface area contributed by atoms with E-state index in [0.29, 0.717) is 5.56 Å². The van der Waals surface area contributed by atoms with Crippen molar-refractivity contribution in [1.82, 2.24) is 4.98 Å². The van der Waals surface area contributed by atoms with Crippen molar-refractivity contribution >= 4 is 28.5 Å². The van der Waals surface area contributed by atoms with Gasteiger partial charge in [0.2, 0.25) is 0 Å². The van der Waals surface area contributed by atoms with Crippen LogP contribution in [0.4, 0.5) is 0 Å². The molecule has 4 heteroatoms. The quantitative estimate of drug-likeness (QED) is 0.407. The Kier molecular flexibility index (Phi) is 3.27. The van der Waals surface area contributed by atoms with Crippen LogP contribution in [0.1, 0.15) is 5.56 Å². The van der Waals surface area contributed by atoms with E-state index in [4.69, 9.17) is 11.6 Å². The number of nitrogens with zero attached hydrogens (tertiary/aromatic N) is 1. The minimum atomic E-state index is -0.603. The molecule has 1 aromatic carbocycles. The average molecular weight is 246 g/mol. The van der Waals surface area contributed by atoms with Gasteiger partial charge >= 0.3 is 5.97 Å². The largest absolute Gasteiger partial charge is 0.459 e. The molecule has 2 aromatic rings. The number of carbonyl (C=O) groups is 1. The van der Waals surface area contributed by atoms with Gasteiger partial charge in [-0.15, -0.1) is 0 Å². The van der Waals surface area contributed by atoms with E-state index in [2.05, 4.69) is 21.6 Å². The predicted molar refractivity (Wildman–Crippen MR) is 65.6 cm³/mol. The molecule has 0 amide bonds. The molecule has 0 bridgehead atoms. The molecule has 0 radical (unpaired) electrons. The summed E-state index contributed by atoms with van der Waals surface area (Å²) >= 11 is 5.96. The van der Waals surface area contributed by atoms with Crippen LogP contribution in [-0.2, 0) is 9.53 Å². The highest BCUT2D eigenvalue weighted by molar-refractivity contribution is 6.31. The van der Waals surface area contributed by atoms with E-state index in [-0.39, 0.29) is 5.15 Å². The van der Waals surface area contributed by atoms with Gasteiger partial charge in [0.15, 0.2) is 0 Å². The number of halogens is 1. The van der Waals surface area contributed by atoms with Crippen molar-refractivity contribution < 1.29 is 9.53 Å². The van der Waals surface area contributed by atoms with Gasteiger partial charge in [0.05, 0.1) is 18.2 Å². The van der Waals surface area contributed by atoms with Crippen LogP contribution in [0, 0.1) is 11.8 Å². The highest BCUT2D eigenvalue weighted by Crippen LogP contribution is 2.19. The molecule has 0 fully saturated rings. The predicted octanol–water partition coefficient (Wildman–Crippen LogP) is 2.41. The molecule has 0 atom stereocenters. The summed E-state index contributed by atoms with van der Waals surface area (Å²) in [4.78, 5) is 15.1. The maximum absolute atomic E-state index is 10.9. The molecule has 2 rings (SSSR count). The van der Waals surface area contributed by atoms with Crippen LogP contribution in [0.15, 0.2) is 30.3 Å². The van der Waals surface area contributed by atoms with Gasteiger partial charge in [-0.3, -0.25) is 0 Å². The second-order valence-electron chi connectivity index (χ2n) is 3.26. The third-order valence-corrected chi connectivity index (χ3v) is 2.45. The highest BCUT2D eigenvalue weighted by Gasteiger charge is 2.02. The summed E-state index contributed by atoms with van der Waals surface area (Å²) in [5, 5.41) is 1.20. The number of methoxy groups -OCH3 is 1. The summed E-state index contributed by atoms with van der Waals surface area (Å²) < 4.78 is 4.42. The lowest BCUT2D eigenvalue weighted by Crippen LogP contribution is -1.95. The Hall–Kier alpha value is -2.05. The molecule has 1 aromatic heterocycles. The molecular weight excluding hydrogens is 238 g/mol. The Labute approximate surface area is 103 Å². The van der Waals surface area contributed by atoms with Gasteiger partial charge in [-0.1, -0.05) is 35.7 Å². The van der Waals surface area contributed by atoms with Gasteiger partial charge in [0.25, 0.3) is 0 Å². The summed E-state index contributed by atoms with van der Waals surface area (Å²) in [6, 6.07) is 9.34. The maximum atomic E-state index is 10.9. The Morgan fingerprint density at radius 2 is 2.18 bits per heavy atom. The van der Waals surface area contributed by atoms with Crippen molar-refractivity contribution in [2.75, 3.05) is 7.11 Å². The summed E-state index contributed by atoms with van der Waals surface area (Å²) in [5.41, 5.74) is 1.30. The summed E-state index contributed by atoms with van der Waals surface area (Å²) in [5.74, 6) is 4.35. The lowest BCUT2D eigenvalue weighted by atomic mass is 10.1. The van der Waals surface area contributed by atoms with E-state index >= 15 is 0 Å². The van der Waals surface area contributed by atoms with Gasteiger partial charge in [-0.25, -0.2) is 9.78 Å². The van der Waals surface area contributed by atoms with Crippen molar-refractivity contribution in [3.8, 4) is 11.8 Å². The number of rotatable bonds is 0. The fraction of sp³-hybridized carbons (Fsp3) is 0.0769. The molecule has 84 valence electrons. The first-order valence-corrected chi connectivity index (χ1v) is 5.24. The van der Waals surface area contributed by atoms with Crippen LogP contribution < -0.4 is 0 Å². The van der Waals surface area contributed by atoms with Gasteiger partial charge in [-0.05, 0) is 12.1 Å². The fourth-order valence-corrected chi connectivity index (χ4v) is 1.54. The van der Waals surface area contributed by atoms with E-state index in [1.54, 1.807) is 6.07 Å². The van der Waals surface area contributed by atoms with Crippen LogP contribution >= 0.6 is 11.6 Å². The SMILES string of the molecule is COC(=O)C#Cc1cc2ccccc2nc1Cl. The third-order valence-electron chi connectivity index (χ3n) is 2.16. The number of esters is 1. The fourth-order valence-electron chi connectivity index (χ4n) is 1.35. The molecule has 0 aliphatic heterocycles. The number of benzene rings is 1. The minimum Gasteiger partial charge on any atom is -0.459 e. The number of carbonyl (C=O) groups excluding carboxylic acids is 1. The number of pyridine rings is 1. The van der Waals surface area contributed by atoms with Crippen LogP contribution in [0.2, 0.25) is 5.15 Å². The number of fused-ring (bicyclic) bond motifs is 1. The van der Waals surface area contributed by atoms with Gasteiger partial charge < -0.3 is 4.74 Å². The second-order valence-corrected chi connectivity index (χ2v) is 3.62. The molecular formula is C13H8ClNO2. The standard InChI is InChI=1S/C13H8ClNO2/c1-17-12(16)7-6-10-8-9-4-2-3-5-11(9)15-13(10)14/h2-5,8H,1H3. The highest BCUT2D eigenvalue weighted by atomic mass is 35.5. The number of aromatic nitrogens is 1. The molecule has 0 unspecified atom stereocenters. The maximum Gasteiger partial charge on any atom is 0.384 e. The van der Waals surface area contributed by atoms with Crippen molar-refractivity contribution in [1.29, 1.82) is 0 Å². The number of hydrogen-bond acceptors (Lipinski definition) is 3. The zero-order chi connectivity index (χ0) is 12.3. The minimum absolute atomic E-state index is 0.278. The first kappa shape index (κ1) is 11.4. The van der Waals surface area contributed by atoms with E-state index in [9.17, 15) is 4.79 Å². The Morgan fingerprint density at radius 3 is 2.94 bits per heavy atom. The van der Waals surface area contributed by atoms with Gasteiger partial charge in [0, 0.05) is 11.3 Å². The molecule has 0 N–H and O–H groups in total. The number of hydrogen-bond donors (Lipinski definition) is 0. The molecule has 0 spiro atoms. The van der Waals surface area contributed by atoms with Crippen molar-refractivity contribution in [2.45, 2.75) is 0 Å². The Bertz CT molecular complexity index is 641. The molecule has 3 nitrogen and oxygen atoms in total. The van der Waals surface area contributed by atoms with Crippen molar-refractivity contribution in [3.05, 3.63) is 41.0 Å². The topological polar surface area (TPSA) is 39.2 Å². The summed E-state index contributed by atoms with van der Waals surface area (Å²) in [7, 11) is 1.28. The third kappa shape index (κ3) is 2.55. The average Bonchev–Trinajstić information content (AvgIpc) is 2.35. The van der Waals surface area contributed by atoms with E-state index < -0.39 is 5.97 Å². The zero-order valence-corrected chi connectivity index (χ0v) is 9.78. The van der Waals surface area contributed by atoms with Crippen LogP contribution in [-0.4, -0.2) is 18.1 Å². The normalized spacial score (nSPS) is 9.53. The molecule has 0 aliphatic rings. The Morgan fingerprint density at radius 1 is 1.41 bits per heavy atom. The smallest absolute Gasteiger partial charge is 0.384 e. The molecule has 0 saturated heterocycles. The van der Waals surface area contributed by atoms with Crippen molar-refractivity contribution in [2.24, 2.45) is 0 Å². The Balaban J connectivity index is 2.50. The zero-order valence-electron chi connectivity index (χ0n) is 9.03. The van der Waals surface area contributed by atoms with Gasteiger partial charge in [-0.2, -0.15) is 0 Å². The van der Waals surface area contributed by atoms with Crippen LogP contribution in [0.3, 0.4) is 0 Å². The molecule has 1 heterocycles. The number of ether oxygens (including phenoxy) is 1. The summed E-state index contributed by atoms with van der Waals surface area (Å²) in [6.45, 7) is 0. The van der Waals surface area contributed by atoms with Gasteiger partial charge in [0.1, 0.15) is 5.15 Å².